The lowest BCUT2D eigenvalue weighted by Crippen LogP contribution is -2.11. The lowest BCUT2D eigenvalue weighted by atomic mass is 9.86. The molecule has 0 aliphatic rings. The molecule has 0 aliphatic heterocycles. The molecule has 0 amide bonds. The van der Waals surface area contributed by atoms with Gasteiger partial charge < -0.3 is 10.2 Å². The Labute approximate surface area is 140 Å². The van der Waals surface area contributed by atoms with Gasteiger partial charge in [-0.3, -0.25) is 0 Å². The zero-order valence-electron chi connectivity index (χ0n) is 15.4. The van der Waals surface area contributed by atoms with Crippen LogP contribution in [0.2, 0.25) is 0 Å². The number of phenols is 2. The van der Waals surface area contributed by atoms with E-state index in [-0.39, 0.29) is 5.41 Å². The lowest BCUT2D eigenvalue weighted by Gasteiger charge is -2.20. The van der Waals surface area contributed by atoms with E-state index < -0.39 is 0 Å². The maximum atomic E-state index is 9.63. The molecule has 0 bridgehead atoms. The summed E-state index contributed by atoms with van der Waals surface area (Å²) >= 11 is 0. The predicted molar refractivity (Wildman–Crippen MR) is 98.5 cm³/mol. The minimum absolute atomic E-state index is 0.0256. The van der Waals surface area contributed by atoms with E-state index in [0.717, 1.165) is 16.7 Å². The van der Waals surface area contributed by atoms with Crippen LogP contribution < -0.4 is 0 Å². The first-order valence-corrected chi connectivity index (χ1v) is 8.12. The molecule has 0 saturated heterocycles. The van der Waals surface area contributed by atoms with Crippen LogP contribution in [0, 0.1) is 13.8 Å². The number of benzene rings is 2. The number of hydrogen-bond acceptors (Lipinski definition) is 2. The van der Waals surface area contributed by atoms with E-state index in [1.54, 1.807) is 6.07 Å². The maximum absolute atomic E-state index is 9.63. The van der Waals surface area contributed by atoms with Crippen LogP contribution in [0.4, 0.5) is 0 Å². The number of phenolic OH excluding ortho intramolecular Hbond substituents is 2. The van der Waals surface area contributed by atoms with E-state index in [1.807, 2.05) is 38.1 Å². The van der Waals surface area contributed by atoms with E-state index in [4.69, 9.17) is 0 Å². The Morgan fingerprint density at radius 3 is 1.87 bits per heavy atom. The van der Waals surface area contributed by atoms with Gasteiger partial charge in [-0.15, -0.1) is 0 Å². The molecule has 2 N–H and O–H groups in total. The van der Waals surface area contributed by atoms with Crippen molar-refractivity contribution in [3.05, 3.63) is 58.7 Å². The second-order valence-corrected chi connectivity index (χ2v) is 7.47. The van der Waals surface area contributed by atoms with E-state index >= 15 is 0 Å². The van der Waals surface area contributed by atoms with Gasteiger partial charge >= 0.3 is 0 Å². The molecule has 0 radical (unpaired) electrons. The SMILES string of the molecule is Cc1ccc(C(C)(C)C)c(O)c1.Cc1ccc(C(C)C)cc1O. The normalized spacial score (nSPS) is 11.1. The fraction of sp³-hybridized carbons (Fsp3) is 0.429. The summed E-state index contributed by atoms with van der Waals surface area (Å²) < 4.78 is 0. The van der Waals surface area contributed by atoms with Crippen molar-refractivity contribution in [1.29, 1.82) is 0 Å². The van der Waals surface area contributed by atoms with Crippen molar-refractivity contribution in [3.8, 4) is 11.5 Å². The average molecular weight is 314 g/mol. The van der Waals surface area contributed by atoms with Gasteiger partial charge in [0.2, 0.25) is 0 Å². The van der Waals surface area contributed by atoms with Crippen LogP contribution in [0.3, 0.4) is 0 Å². The Bertz CT molecular complexity index is 649. The van der Waals surface area contributed by atoms with Crippen LogP contribution in [-0.4, -0.2) is 10.2 Å². The number of aromatic hydroxyl groups is 2. The molecular weight excluding hydrogens is 284 g/mol. The minimum Gasteiger partial charge on any atom is -0.508 e. The molecule has 2 aromatic carbocycles. The van der Waals surface area contributed by atoms with Gasteiger partial charge in [0, 0.05) is 0 Å². The topological polar surface area (TPSA) is 40.5 Å². The molecule has 23 heavy (non-hydrogen) atoms. The van der Waals surface area contributed by atoms with Crippen LogP contribution in [0.15, 0.2) is 36.4 Å². The first kappa shape index (κ1) is 19.1. The number of rotatable bonds is 1. The molecule has 0 heterocycles. The molecule has 0 spiro atoms. The van der Waals surface area contributed by atoms with Crippen LogP contribution in [-0.2, 0) is 5.41 Å². The van der Waals surface area contributed by atoms with Gasteiger partial charge in [-0.05, 0) is 59.6 Å². The molecule has 0 atom stereocenters. The zero-order valence-corrected chi connectivity index (χ0v) is 15.4. The Kier molecular flexibility index (Phi) is 6.26. The molecule has 0 aromatic heterocycles. The van der Waals surface area contributed by atoms with Crippen molar-refractivity contribution in [2.45, 2.75) is 59.8 Å². The molecule has 126 valence electrons. The lowest BCUT2D eigenvalue weighted by molar-refractivity contribution is 0.446. The first-order chi connectivity index (χ1) is 10.5. The summed E-state index contributed by atoms with van der Waals surface area (Å²) in [6.45, 7) is 14.4. The van der Waals surface area contributed by atoms with Crippen LogP contribution >= 0.6 is 0 Å². The highest BCUT2D eigenvalue weighted by Crippen LogP contribution is 2.30. The van der Waals surface area contributed by atoms with Crippen molar-refractivity contribution >= 4 is 0 Å². The van der Waals surface area contributed by atoms with Gasteiger partial charge in [-0.1, -0.05) is 58.9 Å². The third kappa shape index (κ3) is 5.63. The molecule has 0 fully saturated rings. The van der Waals surface area contributed by atoms with E-state index in [9.17, 15) is 10.2 Å². The first-order valence-electron chi connectivity index (χ1n) is 8.12. The van der Waals surface area contributed by atoms with Crippen molar-refractivity contribution in [2.24, 2.45) is 0 Å². The van der Waals surface area contributed by atoms with E-state index in [1.165, 1.54) is 5.56 Å². The largest absolute Gasteiger partial charge is 0.508 e. The van der Waals surface area contributed by atoms with Crippen molar-refractivity contribution in [2.75, 3.05) is 0 Å². The Hall–Kier alpha value is -1.96. The second kappa shape index (κ2) is 7.54. The predicted octanol–water partition coefficient (Wildman–Crippen LogP) is 5.82. The molecule has 0 unspecified atom stereocenters. The molecule has 2 aromatic rings. The van der Waals surface area contributed by atoms with Gasteiger partial charge in [0.1, 0.15) is 11.5 Å². The van der Waals surface area contributed by atoms with Crippen LogP contribution in [0.1, 0.15) is 62.8 Å². The van der Waals surface area contributed by atoms with Gasteiger partial charge in [0.05, 0.1) is 0 Å². The van der Waals surface area contributed by atoms with Crippen molar-refractivity contribution < 1.29 is 10.2 Å². The average Bonchev–Trinajstić information content (AvgIpc) is 2.40. The summed E-state index contributed by atoms with van der Waals surface area (Å²) in [5.41, 5.74) is 4.26. The van der Waals surface area contributed by atoms with Crippen LogP contribution in [0.5, 0.6) is 11.5 Å². The van der Waals surface area contributed by atoms with Gasteiger partial charge in [0.15, 0.2) is 0 Å². The van der Waals surface area contributed by atoms with E-state index in [0.29, 0.717) is 17.4 Å². The summed E-state index contributed by atoms with van der Waals surface area (Å²) in [5.74, 6) is 1.29. The van der Waals surface area contributed by atoms with Crippen LogP contribution in [0.25, 0.3) is 0 Å². The minimum atomic E-state index is 0.0256. The summed E-state index contributed by atoms with van der Waals surface area (Å²) in [7, 11) is 0. The monoisotopic (exact) mass is 314 g/mol. The zero-order chi connectivity index (χ0) is 17.8. The fourth-order valence-corrected chi connectivity index (χ4v) is 2.26. The molecule has 0 aliphatic carbocycles. The molecule has 2 nitrogen and oxygen atoms in total. The third-order valence-electron chi connectivity index (χ3n) is 3.86. The summed E-state index contributed by atoms with van der Waals surface area (Å²) in [6.07, 6.45) is 0. The number of hydrogen-bond donors (Lipinski definition) is 2. The number of aryl methyl sites for hydroxylation is 2. The molecule has 2 rings (SSSR count). The smallest absolute Gasteiger partial charge is 0.119 e. The summed E-state index contributed by atoms with van der Waals surface area (Å²) in [4.78, 5) is 0. The maximum Gasteiger partial charge on any atom is 0.119 e. The Morgan fingerprint density at radius 2 is 1.43 bits per heavy atom. The molecule has 0 saturated carbocycles. The third-order valence-corrected chi connectivity index (χ3v) is 3.86. The Balaban J connectivity index is 0.000000231. The van der Waals surface area contributed by atoms with Crippen molar-refractivity contribution in [3.63, 3.8) is 0 Å². The molecule has 2 heteroatoms. The summed E-state index contributed by atoms with van der Waals surface area (Å²) in [6, 6.07) is 11.7. The second-order valence-electron chi connectivity index (χ2n) is 7.47. The highest BCUT2D eigenvalue weighted by atomic mass is 16.3. The van der Waals surface area contributed by atoms with Gasteiger partial charge in [-0.2, -0.15) is 0 Å². The highest BCUT2D eigenvalue weighted by molar-refractivity contribution is 5.40. The quantitative estimate of drug-likeness (QED) is 0.696. The fourth-order valence-electron chi connectivity index (χ4n) is 2.26. The standard InChI is InChI=1S/C11H16O.C10H14O/c1-8-5-6-9(10(12)7-8)11(2,3)4;1-7(2)9-5-4-8(3)10(11)6-9/h5-7,12H,1-4H3;4-7,11H,1-3H3. The van der Waals surface area contributed by atoms with Crippen molar-refractivity contribution in [1.82, 2.24) is 0 Å². The Morgan fingerprint density at radius 1 is 0.826 bits per heavy atom. The van der Waals surface area contributed by atoms with Gasteiger partial charge in [-0.25, -0.2) is 0 Å². The van der Waals surface area contributed by atoms with E-state index in [2.05, 4.69) is 40.7 Å². The summed E-state index contributed by atoms with van der Waals surface area (Å²) in [5, 5.41) is 19.0. The molecular formula is C21H30O2. The highest BCUT2D eigenvalue weighted by Gasteiger charge is 2.17. The van der Waals surface area contributed by atoms with Gasteiger partial charge in [0.25, 0.3) is 0 Å².